The lowest BCUT2D eigenvalue weighted by atomic mass is 10.1. The van der Waals surface area contributed by atoms with Gasteiger partial charge in [-0.2, -0.15) is 0 Å². The third-order valence-corrected chi connectivity index (χ3v) is 3.49. The van der Waals surface area contributed by atoms with Crippen molar-refractivity contribution in [3.63, 3.8) is 0 Å². The van der Waals surface area contributed by atoms with E-state index in [2.05, 4.69) is 5.32 Å². The van der Waals surface area contributed by atoms with Crippen LogP contribution in [0.1, 0.15) is 27.2 Å². The highest BCUT2D eigenvalue weighted by Gasteiger charge is 2.36. The lowest BCUT2D eigenvalue weighted by Crippen LogP contribution is -2.30. The molecule has 0 saturated carbocycles. The van der Waals surface area contributed by atoms with Gasteiger partial charge in [0.05, 0.1) is 24.4 Å². The summed E-state index contributed by atoms with van der Waals surface area (Å²) in [6, 6.07) is 6.89. The molecule has 1 fully saturated rings. The average molecular weight is 334 g/mol. The summed E-state index contributed by atoms with van der Waals surface area (Å²) in [5.41, 5.74) is 0.351. The molecule has 2 rings (SSSR count). The molecular formula is C17H22N2O5. The van der Waals surface area contributed by atoms with Crippen LogP contribution in [0, 0.1) is 5.92 Å². The fraction of sp³-hybridized carbons (Fsp3) is 0.471. The summed E-state index contributed by atoms with van der Waals surface area (Å²) in [6.07, 6.45) is -0.515. The van der Waals surface area contributed by atoms with E-state index in [1.165, 1.54) is 12.0 Å². The van der Waals surface area contributed by atoms with Gasteiger partial charge in [-0.25, -0.2) is 4.79 Å². The number of methoxy groups -OCH3 is 1. The number of anilines is 2. The number of nitrogens with one attached hydrogen (secondary N) is 1. The van der Waals surface area contributed by atoms with E-state index in [-0.39, 0.29) is 18.9 Å². The van der Waals surface area contributed by atoms with Crippen molar-refractivity contribution >= 4 is 29.3 Å². The van der Waals surface area contributed by atoms with Crippen molar-refractivity contribution in [1.29, 1.82) is 0 Å². The second-order valence-electron chi connectivity index (χ2n) is 6.57. The number of rotatable bonds is 3. The van der Waals surface area contributed by atoms with Gasteiger partial charge in [0.1, 0.15) is 5.60 Å². The number of amides is 2. The fourth-order valence-corrected chi connectivity index (χ4v) is 2.49. The molecule has 0 aromatic heterocycles. The molecule has 1 aliphatic rings. The van der Waals surface area contributed by atoms with Crippen LogP contribution < -0.4 is 10.2 Å². The van der Waals surface area contributed by atoms with Crippen LogP contribution >= 0.6 is 0 Å². The van der Waals surface area contributed by atoms with Crippen molar-refractivity contribution in [3.05, 3.63) is 24.3 Å². The number of esters is 1. The Labute approximate surface area is 140 Å². The van der Waals surface area contributed by atoms with Crippen LogP contribution in [-0.2, 0) is 19.1 Å². The van der Waals surface area contributed by atoms with Crippen molar-refractivity contribution in [3.8, 4) is 0 Å². The van der Waals surface area contributed by atoms with E-state index in [4.69, 9.17) is 9.47 Å². The monoisotopic (exact) mass is 334 g/mol. The Bertz CT molecular complexity index is 651. The topological polar surface area (TPSA) is 84.9 Å². The van der Waals surface area contributed by atoms with Crippen LogP contribution in [0.15, 0.2) is 24.3 Å². The molecular weight excluding hydrogens is 312 g/mol. The first kappa shape index (κ1) is 17.8. The molecule has 0 radical (unpaired) electrons. The van der Waals surface area contributed by atoms with Crippen LogP contribution in [0.25, 0.3) is 0 Å². The highest BCUT2D eigenvalue weighted by molar-refractivity contribution is 6.03. The number of benzene rings is 1. The van der Waals surface area contributed by atoms with Crippen LogP contribution in [0.5, 0.6) is 0 Å². The SMILES string of the molecule is COC(=O)C1CC(=O)N(c2ccccc2NC(=O)OC(C)(C)C)C1. The zero-order valence-electron chi connectivity index (χ0n) is 14.3. The Balaban J connectivity index is 2.19. The lowest BCUT2D eigenvalue weighted by molar-refractivity contribution is -0.145. The van der Waals surface area contributed by atoms with Crippen LogP contribution in [-0.4, -0.2) is 37.2 Å². The van der Waals surface area contributed by atoms with Gasteiger partial charge < -0.3 is 14.4 Å². The van der Waals surface area contributed by atoms with E-state index < -0.39 is 23.6 Å². The van der Waals surface area contributed by atoms with Crippen molar-refractivity contribution in [2.75, 3.05) is 23.9 Å². The van der Waals surface area contributed by atoms with Gasteiger partial charge in [-0.3, -0.25) is 14.9 Å². The largest absolute Gasteiger partial charge is 0.469 e. The third-order valence-electron chi connectivity index (χ3n) is 3.49. The predicted molar refractivity (Wildman–Crippen MR) is 88.8 cm³/mol. The van der Waals surface area contributed by atoms with E-state index in [9.17, 15) is 14.4 Å². The first-order valence-electron chi connectivity index (χ1n) is 7.68. The Morgan fingerprint density at radius 1 is 1.25 bits per heavy atom. The van der Waals surface area contributed by atoms with Gasteiger partial charge in [-0.1, -0.05) is 12.1 Å². The highest BCUT2D eigenvalue weighted by Crippen LogP contribution is 2.32. The van der Waals surface area contributed by atoms with E-state index in [1.807, 2.05) is 0 Å². The lowest BCUT2D eigenvalue weighted by Gasteiger charge is -2.23. The molecule has 0 bridgehead atoms. The van der Waals surface area contributed by atoms with E-state index in [0.717, 1.165) is 0 Å². The number of hydrogen-bond acceptors (Lipinski definition) is 5. The first-order valence-corrected chi connectivity index (χ1v) is 7.68. The second kappa shape index (κ2) is 6.90. The number of ether oxygens (including phenoxy) is 2. The molecule has 1 aromatic rings. The zero-order chi connectivity index (χ0) is 17.9. The van der Waals surface area contributed by atoms with E-state index in [1.54, 1.807) is 45.0 Å². The average Bonchev–Trinajstić information content (AvgIpc) is 2.87. The van der Waals surface area contributed by atoms with Gasteiger partial charge >= 0.3 is 12.1 Å². The highest BCUT2D eigenvalue weighted by atomic mass is 16.6. The molecule has 1 heterocycles. The maximum Gasteiger partial charge on any atom is 0.412 e. The molecule has 0 aliphatic carbocycles. The van der Waals surface area contributed by atoms with E-state index in [0.29, 0.717) is 11.4 Å². The van der Waals surface area contributed by atoms with Gasteiger partial charge in [0, 0.05) is 13.0 Å². The number of hydrogen-bond donors (Lipinski definition) is 1. The molecule has 130 valence electrons. The second-order valence-corrected chi connectivity index (χ2v) is 6.57. The summed E-state index contributed by atoms with van der Waals surface area (Å²) in [5, 5.41) is 2.65. The fourth-order valence-electron chi connectivity index (χ4n) is 2.49. The molecule has 7 heteroatoms. The summed E-state index contributed by atoms with van der Waals surface area (Å²) in [5.74, 6) is -1.11. The van der Waals surface area contributed by atoms with Crippen molar-refractivity contribution in [1.82, 2.24) is 0 Å². The minimum atomic E-state index is -0.627. The predicted octanol–water partition coefficient (Wildman–Crippen LogP) is 2.56. The molecule has 1 atom stereocenters. The van der Waals surface area contributed by atoms with Crippen LogP contribution in [0.2, 0.25) is 0 Å². The molecule has 1 N–H and O–H groups in total. The molecule has 24 heavy (non-hydrogen) atoms. The number of carbonyl (C=O) groups excluding carboxylic acids is 3. The number of nitrogens with zero attached hydrogens (tertiary/aromatic N) is 1. The minimum Gasteiger partial charge on any atom is -0.469 e. The molecule has 1 aromatic carbocycles. The van der Waals surface area contributed by atoms with Crippen LogP contribution in [0.3, 0.4) is 0 Å². The Kier molecular flexibility index (Phi) is 5.11. The maximum atomic E-state index is 12.2. The van der Waals surface area contributed by atoms with Gasteiger partial charge in [0.2, 0.25) is 5.91 Å². The first-order chi connectivity index (χ1) is 11.2. The van der Waals surface area contributed by atoms with Gasteiger partial charge in [0.15, 0.2) is 0 Å². The summed E-state index contributed by atoms with van der Waals surface area (Å²) in [6.45, 7) is 5.52. The van der Waals surface area contributed by atoms with Gasteiger partial charge in [-0.05, 0) is 32.9 Å². The number of carbonyl (C=O) groups is 3. The molecule has 7 nitrogen and oxygen atoms in total. The Morgan fingerprint density at radius 2 is 1.92 bits per heavy atom. The normalized spacial score (nSPS) is 17.6. The van der Waals surface area contributed by atoms with Crippen molar-refractivity contribution < 1.29 is 23.9 Å². The smallest absolute Gasteiger partial charge is 0.412 e. The molecule has 0 spiro atoms. The van der Waals surface area contributed by atoms with Gasteiger partial charge in [0.25, 0.3) is 0 Å². The standard InChI is InChI=1S/C17H22N2O5/c1-17(2,3)24-16(22)18-12-7-5-6-8-13(12)19-10-11(9-14(19)20)15(21)23-4/h5-8,11H,9-10H2,1-4H3,(H,18,22). The summed E-state index contributed by atoms with van der Waals surface area (Å²) >= 11 is 0. The summed E-state index contributed by atoms with van der Waals surface area (Å²) in [7, 11) is 1.30. The van der Waals surface area contributed by atoms with Crippen molar-refractivity contribution in [2.24, 2.45) is 5.92 Å². The van der Waals surface area contributed by atoms with Crippen LogP contribution in [0.4, 0.5) is 16.2 Å². The molecule has 1 unspecified atom stereocenters. The third kappa shape index (κ3) is 4.24. The summed E-state index contributed by atoms with van der Waals surface area (Å²) < 4.78 is 9.94. The zero-order valence-corrected chi connectivity index (χ0v) is 14.3. The molecule has 1 aliphatic heterocycles. The number of para-hydroxylation sites is 2. The Hall–Kier alpha value is -2.57. The molecule has 2 amide bonds. The molecule has 1 saturated heterocycles. The minimum absolute atomic E-state index is 0.0907. The van der Waals surface area contributed by atoms with Gasteiger partial charge in [-0.15, -0.1) is 0 Å². The summed E-state index contributed by atoms with van der Waals surface area (Å²) in [4.78, 5) is 37.4. The van der Waals surface area contributed by atoms with E-state index >= 15 is 0 Å². The Morgan fingerprint density at radius 3 is 2.54 bits per heavy atom. The maximum absolute atomic E-state index is 12.2. The van der Waals surface area contributed by atoms with Crippen molar-refractivity contribution in [2.45, 2.75) is 32.8 Å². The quantitative estimate of drug-likeness (QED) is 0.859.